The summed E-state index contributed by atoms with van der Waals surface area (Å²) in [6.07, 6.45) is 7.97. The Bertz CT molecular complexity index is 366. The van der Waals surface area contributed by atoms with Gasteiger partial charge in [-0.1, -0.05) is 6.92 Å². The highest BCUT2D eigenvalue weighted by molar-refractivity contribution is 5.10. The first kappa shape index (κ1) is 9.98. The molecule has 0 bridgehead atoms. The summed E-state index contributed by atoms with van der Waals surface area (Å²) in [6, 6.07) is 2.20. The van der Waals surface area contributed by atoms with E-state index in [0.717, 1.165) is 18.8 Å². The van der Waals surface area contributed by atoms with Crippen molar-refractivity contribution in [1.82, 2.24) is 15.3 Å². The Labute approximate surface area is 88.7 Å². The zero-order chi connectivity index (χ0) is 10.5. The second-order valence-electron chi connectivity index (χ2n) is 3.42. The SMILES string of the molecule is CCNC(Cc1ccoc1)c1ncc[nH]1. The molecule has 4 nitrogen and oxygen atoms in total. The molecule has 4 heteroatoms. The van der Waals surface area contributed by atoms with E-state index in [9.17, 15) is 0 Å². The van der Waals surface area contributed by atoms with Crippen molar-refractivity contribution in [3.05, 3.63) is 42.4 Å². The van der Waals surface area contributed by atoms with Gasteiger partial charge in [0.25, 0.3) is 0 Å². The molecule has 0 spiro atoms. The molecule has 1 unspecified atom stereocenters. The quantitative estimate of drug-likeness (QED) is 0.783. The number of hydrogen-bond acceptors (Lipinski definition) is 3. The summed E-state index contributed by atoms with van der Waals surface area (Å²) in [5.41, 5.74) is 1.18. The molecule has 0 aromatic carbocycles. The lowest BCUT2D eigenvalue weighted by Crippen LogP contribution is -2.23. The summed E-state index contributed by atoms with van der Waals surface area (Å²) in [5, 5.41) is 3.39. The highest BCUT2D eigenvalue weighted by Gasteiger charge is 2.13. The Kier molecular flexibility index (Phi) is 3.19. The lowest BCUT2D eigenvalue weighted by molar-refractivity contribution is 0.517. The van der Waals surface area contributed by atoms with Crippen molar-refractivity contribution in [1.29, 1.82) is 0 Å². The number of nitrogens with zero attached hydrogens (tertiary/aromatic N) is 1. The largest absolute Gasteiger partial charge is 0.472 e. The van der Waals surface area contributed by atoms with Crippen LogP contribution in [0.15, 0.2) is 35.4 Å². The Morgan fingerprint density at radius 1 is 1.60 bits per heavy atom. The monoisotopic (exact) mass is 205 g/mol. The fourth-order valence-corrected chi connectivity index (χ4v) is 1.62. The van der Waals surface area contributed by atoms with Crippen molar-refractivity contribution in [3.63, 3.8) is 0 Å². The third-order valence-electron chi connectivity index (χ3n) is 2.32. The van der Waals surface area contributed by atoms with Crippen molar-refractivity contribution < 1.29 is 4.42 Å². The molecule has 15 heavy (non-hydrogen) atoms. The van der Waals surface area contributed by atoms with Crippen LogP contribution in [-0.2, 0) is 6.42 Å². The maximum atomic E-state index is 5.05. The summed E-state index contributed by atoms with van der Waals surface area (Å²) in [7, 11) is 0. The average Bonchev–Trinajstić information content (AvgIpc) is 2.89. The van der Waals surface area contributed by atoms with E-state index >= 15 is 0 Å². The van der Waals surface area contributed by atoms with Gasteiger partial charge in [-0.15, -0.1) is 0 Å². The predicted molar refractivity (Wildman–Crippen MR) is 57.4 cm³/mol. The molecule has 0 saturated carbocycles. The Balaban J connectivity index is 2.07. The summed E-state index contributed by atoms with van der Waals surface area (Å²) in [5.74, 6) is 0.970. The first-order valence-electron chi connectivity index (χ1n) is 5.14. The number of aromatic amines is 1. The van der Waals surface area contributed by atoms with Crippen molar-refractivity contribution in [2.24, 2.45) is 0 Å². The molecule has 80 valence electrons. The van der Waals surface area contributed by atoms with E-state index in [1.807, 2.05) is 12.3 Å². The molecule has 0 saturated heterocycles. The number of furan rings is 1. The second-order valence-corrected chi connectivity index (χ2v) is 3.42. The van der Waals surface area contributed by atoms with E-state index in [4.69, 9.17) is 4.42 Å². The molecular weight excluding hydrogens is 190 g/mol. The summed E-state index contributed by atoms with van der Waals surface area (Å²) < 4.78 is 5.05. The van der Waals surface area contributed by atoms with Crippen molar-refractivity contribution in [3.8, 4) is 0 Å². The number of hydrogen-bond donors (Lipinski definition) is 2. The summed E-state index contributed by atoms with van der Waals surface area (Å²) >= 11 is 0. The minimum absolute atomic E-state index is 0.225. The van der Waals surface area contributed by atoms with Gasteiger partial charge in [-0.25, -0.2) is 4.98 Å². The molecule has 0 radical (unpaired) electrons. The smallest absolute Gasteiger partial charge is 0.123 e. The number of likely N-dealkylation sites (N-methyl/N-ethyl adjacent to an activating group) is 1. The average molecular weight is 205 g/mol. The molecule has 2 N–H and O–H groups in total. The zero-order valence-corrected chi connectivity index (χ0v) is 8.73. The second kappa shape index (κ2) is 4.79. The molecule has 2 heterocycles. The molecule has 0 aliphatic rings. The molecule has 0 fully saturated rings. The maximum absolute atomic E-state index is 5.05. The van der Waals surface area contributed by atoms with Gasteiger partial charge < -0.3 is 14.7 Å². The third kappa shape index (κ3) is 2.47. The van der Waals surface area contributed by atoms with Gasteiger partial charge in [0.15, 0.2) is 0 Å². The van der Waals surface area contributed by atoms with Crippen molar-refractivity contribution in [2.45, 2.75) is 19.4 Å². The Morgan fingerprint density at radius 3 is 3.13 bits per heavy atom. The lowest BCUT2D eigenvalue weighted by atomic mass is 10.1. The van der Waals surface area contributed by atoms with Gasteiger partial charge in [0.05, 0.1) is 18.6 Å². The number of aromatic nitrogens is 2. The minimum atomic E-state index is 0.225. The van der Waals surface area contributed by atoms with Crippen molar-refractivity contribution in [2.75, 3.05) is 6.54 Å². The van der Waals surface area contributed by atoms with E-state index < -0.39 is 0 Å². The molecule has 2 rings (SSSR count). The van der Waals surface area contributed by atoms with Crippen LogP contribution in [0.4, 0.5) is 0 Å². The van der Waals surface area contributed by atoms with E-state index in [2.05, 4.69) is 22.2 Å². The molecular formula is C11H15N3O. The standard InChI is InChI=1S/C11H15N3O/c1-2-12-10(11-13-4-5-14-11)7-9-3-6-15-8-9/h3-6,8,10,12H,2,7H2,1H3,(H,13,14). The maximum Gasteiger partial charge on any atom is 0.123 e. The first-order chi connectivity index (χ1) is 7.40. The van der Waals surface area contributed by atoms with Gasteiger partial charge in [0.2, 0.25) is 0 Å². The van der Waals surface area contributed by atoms with Crippen LogP contribution in [0.2, 0.25) is 0 Å². The normalized spacial score (nSPS) is 12.9. The minimum Gasteiger partial charge on any atom is -0.472 e. The van der Waals surface area contributed by atoms with Gasteiger partial charge in [0.1, 0.15) is 5.82 Å². The highest BCUT2D eigenvalue weighted by Crippen LogP contribution is 2.14. The first-order valence-corrected chi connectivity index (χ1v) is 5.14. The predicted octanol–water partition coefficient (Wildman–Crippen LogP) is 1.90. The number of nitrogens with one attached hydrogen (secondary N) is 2. The van der Waals surface area contributed by atoms with Crippen LogP contribution >= 0.6 is 0 Å². The van der Waals surface area contributed by atoms with E-state index in [0.29, 0.717) is 0 Å². The van der Waals surface area contributed by atoms with Gasteiger partial charge in [-0.2, -0.15) is 0 Å². The Hall–Kier alpha value is -1.55. The summed E-state index contributed by atoms with van der Waals surface area (Å²) in [4.78, 5) is 7.40. The van der Waals surface area contributed by atoms with E-state index in [1.165, 1.54) is 5.56 Å². The Morgan fingerprint density at radius 2 is 2.53 bits per heavy atom. The molecule has 0 amide bonds. The van der Waals surface area contributed by atoms with Gasteiger partial charge in [-0.05, 0) is 24.6 Å². The molecule has 0 aliphatic carbocycles. The topological polar surface area (TPSA) is 53.9 Å². The van der Waals surface area contributed by atoms with Crippen LogP contribution in [-0.4, -0.2) is 16.5 Å². The molecule has 1 atom stereocenters. The van der Waals surface area contributed by atoms with Crippen LogP contribution in [0, 0.1) is 0 Å². The van der Waals surface area contributed by atoms with Gasteiger partial charge >= 0.3 is 0 Å². The van der Waals surface area contributed by atoms with Crippen LogP contribution in [0.25, 0.3) is 0 Å². The number of imidazole rings is 1. The highest BCUT2D eigenvalue weighted by atomic mass is 16.3. The third-order valence-corrected chi connectivity index (χ3v) is 2.32. The van der Waals surface area contributed by atoms with Crippen LogP contribution in [0.1, 0.15) is 24.4 Å². The fraction of sp³-hybridized carbons (Fsp3) is 0.364. The van der Waals surface area contributed by atoms with E-state index in [1.54, 1.807) is 18.7 Å². The fourth-order valence-electron chi connectivity index (χ4n) is 1.62. The molecule has 0 aliphatic heterocycles. The zero-order valence-electron chi connectivity index (χ0n) is 8.73. The number of rotatable bonds is 5. The van der Waals surface area contributed by atoms with Crippen LogP contribution in [0.5, 0.6) is 0 Å². The van der Waals surface area contributed by atoms with Crippen molar-refractivity contribution >= 4 is 0 Å². The molecule has 2 aromatic heterocycles. The van der Waals surface area contributed by atoms with Crippen LogP contribution < -0.4 is 5.32 Å². The summed E-state index contributed by atoms with van der Waals surface area (Å²) in [6.45, 7) is 3.01. The van der Waals surface area contributed by atoms with Crippen LogP contribution in [0.3, 0.4) is 0 Å². The van der Waals surface area contributed by atoms with E-state index in [-0.39, 0.29) is 6.04 Å². The number of H-pyrrole nitrogens is 1. The van der Waals surface area contributed by atoms with Gasteiger partial charge in [0, 0.05) is 12.4 Å². The van der Waals surface area contributed by atoms with Gasteiger partial charge in [-0.3, -0.25) is 0 Å². The lowest BCUT2D eigenvalue weighted by Gasteiger charge is -2.14. The molecule has 2 aromatic rings.